The number of nitrogens with one attached hydrogen (secondary N) is 1. The third-order valence-corrected chi connectivity index (χ3v) is 13.1. The molecule has 0 spiro atoms. The number of hydrogen-bond donors (Lipinski definition) is 2. The largest absolute Gasteiger partial charge is 0.479 e. The summed E-state index contributed by atoms with van der Waals surface area (Å²) in [5.74, 6) is -1.36. The van der Waals surface area contributed by atoms with Crippen LogP contribution in [0, 0.1) is 11.7 Å². The minimum atomic E-state index is -3.86. The molecule has 0 amide bonds. The summed E-state index contributed by atoms with van der Waals surface area (Å²) in [5, 5.41) is 3.83. The first kappa shape index (κ1) is 40.8. The second kappa shape index (κ2) is 16.1. The highest BCUT2D eigenvalue weighted by Crippen LogP contribution is 2.50. The maximum Gasteiger partial charge on any atom is 0.352 e. The maximum absolute atomic E-state index is 14.5. The zero-order chi connectivity index (χ0) is 38.9. The lowest BCUT2D eigenvalue weighted by atomic mass is 9.88. The number of nitrogens with zero attached hydrogens (tertiary/aromatic N) is 1. The van der Waals surface area contributed by atoms with Gasteiger partial charge in [-0.2, -0.15) is 4.31 Å². The lowest BCUT2D eigenvalue weighted by Crippen LogP contribution is -2.55. The maximum atomic E-state index is 14.5. The van der Waals surface area contributed by atoms with E-state index < -0.39 is 51.3 Å². The topological polar surface area (TPSA) is 137 Å². The number of carbonyl (C=O) groups excluding carboxylic acids is 2. The van der Waals surface area contributed by atoms with Crippen LogP contribution in [0.1, 0.15) is 107 Å². The highest BCUT2D eigenvalue weighted by molar-refractivity contribution is 7.88. The normalized spacial score (nSPS) is 18.3. The molecule has 5 rings (SSSR count). The van der Waals surface area contributed by atoms with E-state index in [-0.39, 0.29) is 46.3 Å². The van der Waals surface area contributed by atoms with Crippen LogP contribution in [0.4, 0.5) is 15.8 Å². The third-order valence-electron chi connectivity index (χ3n) is 9.46. The molecule has 1 aromatic heterocycles. The van der Waals surface area contributed by atoms with Crippen LogP contribution in [0.2, 0.25) is 5.02 Å². The van der Waals surface area contributed by atoms with Crippen molar-refractivity contribution in [2.45, 2.75) is 109 Å². The van der Waals surface area contributed by atoms with Gasteiger partial charge in [0.25, 0.3) is 0 Å². The Balaban J connectivity index is 1.45. The number of carbonyl (C=O) groups is 2. The van der Waals surface area contributed by atoms with Crippen LogP contribution in [-0.2, 0) is 30.0 Å². The van der Waals surface area contributed by atoms with Crippen molar-refractivity contribution in [1.29, 1.82) is 0 Å². The Morgan fingerprint density at radius 2 is 1.87 bits per heavy atom. The minimum Gasteiger partial charge on any atom is -0.479 e. The smallest absolute Gasteiger partial charge is 0.352 e. The first-order valence-electron chi connectivity index (χ1n) is 18.1. The van der Waals surface area contributed by atoms with E-state index in [1.807, 2.05) is 26.0 Å². The lowest BCUT2D eigenvalue weighted by molar-refractivity contribution is -0.145. The third kappa shape index (κ3) is 10.2. The Morgan fingerprint density at radius 3 is 2.51 bits per heavy atom. The fourth-order valence-corrected chi connectivity index (χ4v) is 10.4. The Bertz CT molecular complexity index is 1940. The highest BCUT2D eigenvalue weighted by atomic mass is 35.5. The number of nitrogen functional groups attached to an aromatic ring is 1. The van der Waals surface area contributed by atoms with Gasteiger partial charge < -0.3 is 25.3 Å². The van der Waals surface area contributed by atoms with Gasteiger partial charge in [0.1, 0.15) is 16.4 Å². The minimum absolute atomic E-state index is 0.0427. The van der Waals surface area contributed by atoms with Gasteiger partial charge >= 0.3 is 11.9 Å². The van der Waals surface area contributed by atoms with Crippen LogP contribution in [0.25, 0.3) is 10.4 Å². The van der Waals surface area contributed by atoms with Gasteiger partial charge in [-0.25, -0.2) is 22.4 Å². The van der Waals surface area contributed by atoms with E-state index in [1.54, 1.807) is 27.7 Å². The molecule has 0 radical (unpaired) electrons. The number of esters is 2. The molecule has 2 unspecified atom stereocenters. The molecule has 0 bridgehead atoms. The standard InChI is InChI=1S/C39H51ClFN3O7S2/c1-8-49-32(45)21-50-34-33(40)35(52-36(34)37(46)51-38(3,4)5)30-19-27(12-13-29(30)23(2)17-24-9-10-24)43-28-15-16-44(39(6,7)20-28)53(47,48)22-25-18-26(42)11-14-31(25)41/h11-14,18-19,23-24,28,43H,8-10,15-17,20-22,42H2,1-7H3. The Kier molecular flexibility index (Phi) is 12.4. The summed E-state index contributed by atoms with van der Waals surface area (Å²) in [5.41, 5.74) is 7.31. The summed E-state index contributed by atoms with van der Waals surface area (Å²) in [7, 11) is -3.86. The van der Waals surface area contributed by atoms with Crippen LogP contribution in [0.5, 0.6) is 5.75 Å². The number of piperidine rings is 1. The summed E-state index contributed by atoms with van der Waals surface area (Å²) < 4.78 is 59.8. The molecule has 10 nitrogen and oxygen atoms in total. The first-order valence-corrected chi connectivity index (χ1v) is 20.9. The summed E-state index contributed by atoms with van der Waals surface area (Å²) in [6.45, 7) is 13.0. The van der Waals surface area contributed by atoms with Gasteiger partial charge in [-0.3, -0.25) is 0 Å². The number of thiophene rings is 1. The molecule has 2 atom stereocenters. The second-order valence-electron chi connectivity index (χ2n) is 15.7. The van der Waals surface area contributed by atoms with Crippen LogP contribution >= 0.6 is 22.9 Å². The van der Waals surface area contributed by atoms with E-state index in [0.29, 0.717) is 29.3 Å². The Labute approximate surface area is 321 Å². The van der Waals surface area contributed by atoms with E-state index in [0.717, 1.165) is 34.6 Å². The molecule has 2 fully saturated rings. The van der Waals surface area contributed by atoms with Gasteiger partial charge in [-0.1, -0.05) is 37.4 Å². The van der Waals surface area contributed by atoms with Crippen LogP contribution in [0.15, 0.2) is 36.4 Å². The average molecular weight is 792 g/mol. The van der Waals surface area contributed by atoms with E-state index in [4.69, 9.17) is 31.5 Å². The van der Waals surface area contributed by atoms with Crippen molar-refractivity contribution in [3.05, 3.63) is 63.2 Å². The Hall–Kier alpha value is -3.39. The number of halogens is 2. The molecular formula is C39H51ClFN3O7S2. The van der Waals surface area contributed by atoms with E-state index in [9.17, 15) is 22.4 Å². The van der Waals surface area contributed by atoms with Gasteiger partial charge in [0, 0.05) is 35.1 Å². The number of benzene rings is 2. The number of nitrogens with two attached hydrogens (primary N) is 1. The molecule has 2 aromatic carbocycles. The van der Waals surface area contributed by atoms with Crippen molar-refractivity contribution in [3.63, 3.8) is 0 Å². The summed E-state index contributed by atoms with van der Waals surface area (Å²) >= 11 is 8.22. The van der Waals surface area contributed by atoms with Gasteiger partial charge in [-0.15, -0.1) is 11.3 Å². The molecule has 2 heterocycles. The zero-order valence-electron chi connectivity index (χ0n) is 31.5. The molecular weight excluding hydrogens is 741 g/mol. The quantitative estimate of drug-likeness (QED) is 0.121. The van der Waals surface area contributed by atoms with Crippen molar-refractivity contribution in [1.82, 2.24) is 4.31 Å². The molecule has 14 heteroatoms. The molecule has 3 N–H and O–H groups in total. The molecule has 1 saturated heterocycles. The van der Waals surface area contributed by atoms with Crippen molar-refractivity contribution >= 4 is 56.3 Å². The number of anilines is 2. The predicted octanol–water partition coefficient (Wildman–Crippen LogP) is 8.78. The van der Waals surface area contributed by atoms with Gasteiger partial charge in [0.05, 0.1) is 17.2 Å². The van der Waals surface area contributed by atoms with Crippen molar-refractivity contribution in [2.75, 3.05) is 30.8 Å². The Morgan fingerprint density at radius 1 is 1.15 bits per heavy atom. The van der Waals surface area contributed by atoms with E-state index in [1.165, 1.54) is 35.3 Å². The molecule has 290 valence electrons. The van der Waals surface area contributed by atoms with Crippen molar-refractivity contribution < 1.29 is 36.6 Å². The van der Waals surface area contributed by atoms with E-state index >= 15 is 0 Å². The number of hydrogen-bond acceptors (Lipinski definition) is 10. The van der Waals surface area contributed by atoms with Crippen molar-refractivity contribution in [3.8, 4) is 16.2 Å². The molecule has 1 aliphatic heterocycles. The monoisotopic (exact) mass is 791 g/mol. The molecule has 3 aromatic rings. The summed E-state index contributed by atoms with van der Waals surface area (Å²) in [6, 6.07) is 10.0. The summed E-state index contributed by atoms with van der Waals surface area (Å²) in [6.07, 6.45) is 4.42. The molecule has 1 saturated carbocycles. The second-order valence-corrected chi connectivity index (χ2v) is 19.0. The highest BCUT2D eigenvalue weighted by Gasteiger charge is 2.42. The zero-order valence-corrected chi connectivity index (χ0v) is 33.9. The van der Waals surface area contributed by atoms with Crippen LogP contribution in [0.3, 0.4) is 0 Å². The SMILES string of the molecule is CCOC(=O)COc1c(C(=O)OC(C)(C)C)sc(-c2cc(NC3CCN(S(=O)(=O)Cc4cc(N)ccc4F)C(C)(C)C3)ccc2C(C)CC2CC2)c1Cl. The fraction of sp³-hybridized carbons (Fsp3) is 0.538. The van der Waals surface area contributed by atoms with Crippen LogP contribution < -0.4 is 15.8 Å². The number of ether oxygens (including phenoxy) is 3. The summed E-state index contributed by atoms with van der Waals surface area (Å²) in [4.78, 5) is 26.5. The average Bonchev–Trinajstić information content (AvgIpc) is 3.80. The number of rotatable bonds is 14. The molecule has 2 aliphatic rings. The lowest BCUT2D eigenvalue weighted by Gasteiger charge is -2.45. The van der Waals surface area contributed by atoms with Crippen molar-refractivity contribution in [2.24, 2.45) is 5.92 Å². The molecule has 1 aliphatic carbocycles. The van der Waals surface area contributed by atoms with Gasteiger partial charge in [-0.05, 0) is 114 Å². The van der Waals surface area contributed by atoms with Gasteiger partial charge in [0.2, 0.25) is 10.0 Å². The molecule has 53 heavy (non-hydrogen) atoms. The van der Waals surface area contributed by atoms with Gasteiger partial charge in [0.15, 0.2) is 17.2 Å². The fourth-order valence-electron chi connectivity index (χ4n) is 6.98. The number of sulfonamides is 1. The van der Waals surface area contributed by atoms with E-state index in [2.05, 4.69) is 18.3 Å². The predicted molar refractivity (Wildman–Crippen MR) is 209 cm³/mol. The van der Waals surface area contributed by atoms with Crippen LogP contribution in [-0.4, -0.2) is 61.6 Å². The first-order chi connectivity index (χ1) is 24.8.